The summed E-state index contributed by atoms with van der Waals surface area (Å²) in [5.41, 5.74) is 1.53. The Morgan fingerprint density at radius 2 is 1.49 bits per heavy atom. The van der Waals surface area contributed by atoms with E-state index in [2.05, 4.69) is 5.32 Å². The van der Waals surface area contributed by atoms with Gasteiger partial charge in [-0.3, -0.25) is 13.9 Å². The average molecular weight is 671 g/mol. The third-order valence-corrected chi connectivity index (χ3v) is 9.27. The molecule has 0 bridgehead atoms. The third-order valence-electron chi connectivity index (χ3n) is 7.00. The van der Waals surface area contributed by atoms with Gasteiger partial charge in [-0.1, -0.05) is 85.6 Å². The number of amides is 2. The van der Waals surface area contributed by atoms with Gasteiger partial charge in [0.05, 0.1) is 10.6 Å². The molecule has 4 aromatic rings. The van der Waals surface area contributed by atoms with E-state index in [1.165, 1.54) is 65.6 Å². The lowest BCUT2D eigenvalue weighted by molar-refractivity contribution is -0.140. The van der Waals surface area contributed by atoms with Crippen molar-refractivity contribution in [3.63, 3.8) is 0 Å². The number of hydrogen-bond donors (Lipinski definition) is 1. The summed E-state index contributed by atoms with van der Waals surface area (Å²) < 4.78 is 42.8. The van der Waals surface area contributed by atoms with Gasteiger partial charge in [0.2, 0.25) is 11.8 Å². The Labute approximate surface area is 273 Å². The van der Waals surface area contributed by atoms with Crippen molar-refractivity contribution in [3.05, 3.63) is 130 Å². The summed E-state index contributed by atoms with van der Waals surface area (Å²) in [5, 5.41) is 3.55. The lowest BCUT2D eigenvalue weighted by atomic mass is 10.0. The van der Waals surface area contributed by atoms with E-state index < -0.39 is 40.2 Å². The monoisotopic (exact) mass is 669 g/mol. The number of carbonyl (C=O) groups is 2. The van der Waals surface area contributed by atoms with Gasteiger partial charge in [-0.2, -0.15) is 0 Å². The maximum atomic E-state index is 14.4. The van der Waals surface area contributed by atoms with Crippen LogP contribution in [0.4, 0.5) is 10.1 Å². The highest BCUT2D eigenvalue weighted by Gasteiger charge is 2.34. The van der Waals surface area contributed by atoms with Gasteiger partial charge in [-0.15, -0.1) is 0 Å². The first-order chi connectivity index (χ1) is 21.4. The summed E-state index contributed by atoms with van der Waals surface area (Å²) in [4.78, 5) is 29.4. The number of anilines is 1. The highest BCUT2D eigenvalue weighted by Crippen LogP contribution is 2.28. The normalized spacial score (nSPS) is 12.0. The van der Waals surface area contributed by atoms with Crippen LogP contribution in [0.3, 0.4) is 0 Å². The van der Waals surface area contributed by atoms with Gasteiger partial charge >= 0.3 is 0 Å². The van der Waals surface area contributed by atoms with Gasteiger partial charge in [0.25, 0.3) is 10.0 Å². The number of benzene rings is 4. The second kappa shape index (κ2) is 15.4. The Morgan fingerprint density at radius 1 is 0.822 bits per heavy atom. The molecule has 0 saturated carbocycles. The lowest BCUT2D eigenvalue weighted by Gasteiger charge is -2.34. The minimum atomic E-state index is -4.30. The highest BCUT2D eigenvalue weighted by atomic mass is 35.5. The van der Waals surface area contributed by atoms with Gasteiger partial charge in [0.1, 0.15) is 18.4 Å². The van der Waals surface area contributed by atoms with E-state index in [1.807, 2.05) is 44.2 Å². The molecule has 0 aliphatic rings. The van der Waals surface area contributed by atoms with Crippen LogP contribution < -0.4 is 9.62 Å². The molecule has 11 heteroatoms. The number of nitrogens with one attached hydrogen (secondary N) is 1. The van der Waals surface area contributed by atoms with Crippen LogP contribution in [0.1, 0.15) is 25.0 Å². The summed E-state index contributed by atoms with van der Waals surface area (Å²) in [5.74, 6) is -1.33. The van der Waals surface area contributed by atoms with Crippen molar-refractivity contribution in [1.29, 1.82) is 0 Å². The predicted molar refractivity (Wildman–Crippen MR) is 176 cm³/mol. The second-order valence-electron chi connectivity index (χ2n) is 10.9. The van der Waals surface area contributed by atoms with E-state index in [9.17, 15) is 22.4 Å². The van der Waals surface area contributed by atoms with E-state index in [0.29, 0.717) is 17.1 Å². The molecule has 0 unspecified atom stereocenters. The number of sulfonamides is 1. The predicted octanol–water partition coefficient (Wildman–Crippen LogP) is 6.74. The van der Waals surface area contributed by atoms with Gasteiger partial charge in [-0.25, -0.2) is 12.8 Å². The third kappa shape index (κ3) is 9.29. The molecule has 7 nitrogen and oxygen atoms in total. The van der Waals surface area contributed by atoms with Gasteiger partial charge in [0.15, 0.2) is 0 Å². The molecule has 45 heavy (non-hydrogen) atoms. The largest absolute Gasteiger partial charge is 0.354 e. The molecule has 0 aromatic heterocycles. The minimum absolute atomic E-state index is 0.0733. The summed E-state index contributed by atoms with van der Waals surface area (Å²) in [6, 6.07) is 25.6. The molecule has 1 atom stereocenters. The first-order valence-electron chi connectivity index (χ1n) is 14.3. The average Bonchev–Trinajstić information content (AvgIpc) is 3.01. The summed E-state index contributed by atoms with van der Waals surface area (Å²) >= 11 is 12.3. The first-order valence-corrected chi connectivity index (χ1v) is 16.5. The molecular formula is C34H34Cl2FN3O4S. The smallest absolute Gasteiger partial charge is 0.264 e. The van der Waals surface area contributed by atoms with Crippen molar-refractivity contribution in [3.8, 4) is 0 Å². The number of rotatable bonds is 13. The molecule has 4 aromatic carbocycles. The van der Waals surface area contributed by atoms with Crippen LogP contribution in [0, 0.1) is 11.7 Å². The quantitative estimate of drug-likeness (QED) is 0.171. The molecule has 2 amide bonds. The fourth-order valence-corrected chi connectivity index (χ4v) is 6.37. The molecule has 1 N–H and O–H groups in total. The van der Waals surface area contributed by atoms with Crippen LogP contribution in [0.2, 0.25) is 10.0 Å². The Bertz CT molecular complexity index is 1700. The maximum Gasteiger partial charge on any atom is 0.264 e. The minimum Gasteiger partial charge on any atom is -0.354 e. The van der Waals surface area contributed by atoms with Crippen molar-refractivity contribution in [2.45, 2.75) is 37.8 Å². The molecule has 0 spiro atoms. The summed E-state index contributed by atoms with van der Waals surface area (Å²) in [6.07, 6.45) is 0.165. The Hall–Kier alpha value is -3.92. The van der Waals surface area contributed by atoms with Crippen LogP contribution >= 0.6 is 23.2 Å². The van der Waals surface area contributed by atoms with E-state index in [0.717, 1.165) is 9.87 Å². The van der Waals surface area contributed by atoms with Crippen LogP contribution in [0.5, 0.6) is 0 Å². The van der Waals surface area contributed by atoms with Crippen molar-refractivity contribution in [2.75, 3.05) is 17.4 Å². The van der Waals surface area contributed by atoms with Crippen LogP contribution in [-0.2, 0) is 32.6 Å². The zero-order chi connectivity index (χ0) is 32.6. The molecule has 0 aliphatic heterocycles. The Morgan fingerprint density at radius 3 is 2.11 bits per heavy atom. The fourth-order valence-electron chi connectivity index (χ4n) is 4.66. The van der Waals surface area contributed by atoms with E-state index in [4.69, 9.17) is 23.2 Å². The Kier molecular flexibility index (Phi) is 11.6. The number of hydrogen-bond acceptors (Lipinski definition) is 4. The lowest BCUT2D eigenvalue weighted by Crippen LogP contribution is -2.53. The van der Waals surface area contributed by atoms with Crippen molar-refractivity contribution in [2.24, 2.45) is 5.92 Å². The fraction of sp³-hybridized carbons (Fsp3) is 0.235. The molecule has 4 rings (SSSR count). The molecule has 0 heterocycles. The topological polar surface area (TPSA) is 86.8 Å². The standard InChI is InChI=1S/C34H34Cl2FN3O4S/c1-24(2)21-38-34(42)32(19-25-7-4-3-5-8-25)39(22-26-11-15-29(37)16-12-26)33(41)23-40(30-10-6-9-28(36)20-30)45(43,44)31-17-13-27(35)14-18-31/h3-18,20,24,32H,19,21-23H2,1-2H3,(H,38,42)/t32-/m0/s1. The van der Waals surface area contributed by atoms with Gasteiger partial charge in [0, 0.05) is 29.6 Å². The molecule has 236 valence electrons. The van der Waals surface area contributed by atoms with E-state index in [-0.39, 0.29) is 34.5 Å². The Balaban J connectivity index is 1.79. The van der Waals surface area contributed by atoms with Gasteiger partial charge < -0.3 is 10.2 Å². The first kappa shape index (κ1) is 34.0. The molecule has 0 radical (unpaired) electrons. The van der Waals surface area contributed by atoms with E-state index in [1.54, 1.807) is 12.1 Å². The van der Waals surface area contributed by atoms with Crippen molar-refractivity contribution in [1.82, 2.24) is 10.2 Å². The summed E-state index contributed by atoms with van der Waals surface area (Å²) in [6.45, 7) is 3.57. The maximum absolute atomic E-state index is 14.4. The van der Waals surface area contributed by atoms with Crippen LogP contribution in [-0.4, -0.2) is 44.3 Å². The van der Waals surface area contributed by atoms with Crippen molar-refractivity contribution >= 4 is 50.7 Å². The molecule has 0 aliphatic carbocycles. The SMILES string of the molecule is CC(C)CNC(=O)[C@H](Cc1ccccc1)N(Cc1ccc(F)cc1)C(=O)CN(c1cccc(Cl)c1)S(=O)(=O)c1ccc(Cl)cc1. The highest BCUT2D eigenvalue weighted by molar-refractivity contribution is 7.92. The molecule has 0 saturated heterocycles. The number of nitrogens with zero attached hydrogens (tertiary/aromatic N) is 2. The zero-order valence-corrected chi connectivity index (χ0v) is 27.2. The zero-order valence-electron chi connectivity index (χ0n) is 24.9. The second-order valence-corrected chi connectivity index (χ2v) is 13.7. The molecule has 0 fully saturated rings. The van der Waals surface area contributed by atoms with Crippen molar-refractivity contribution < 1.29 is 22.4 Å². The number of halogens is 3. The van der Waals surface area contributed by atoms with Gasteiger partial charge in [-0.05, 0) is 71.6 Å². The summed E-state index contributed by atoms with van der Waals surface area (Å²) in [7, 11) is -4.30. The number of carbonyl (C=O) groups excluding carboxylic acids is 2. The van der Waals surface area contributed by atoms with E-state index >= 15 is 0 Å². The van der Waals surface area contributed by atoms with Crippen LogP contribution in [0.15, 0.2) is 108 Å². The van der Waals surface area contributed by atoms with Crippen LogP contribution in [0.25, 0.3) is 0 Å². The molecular weight excluding hydrogens is 636 g/mol.